The second-order valence-electron chi connectivity index (χ2n) is 6.34. The largest absolute Gasteiger partial charge is 0.339 e. The molecule has 3 aromatic rings. The van der Waals surface area contributed by atoms with Gasteiger partial charge in [0.15, 0.2) is 4.96 Å². The fourth-order valence-electron chi connectivity index (χ4n) is 2.81. The van der Waals surface area contributed by atoms with Gasteiger partial charge in [0.1, 0.15) is 0 Å². The normalized spacial score (nSPS) is 12.3. The van der Waals surface area contributed by atoms with Crippen LogP contribution in [0.25, 0.3) is 4.96 Å². The highest BCUT2D eigenvalue weighted by Gasteiger charge is 2.21. The summed E-state index contributed by atoms with van der Waals surface area (Å²) in [7, 11) is 1.79. The van der Waals surface area contributed by atoms with Crippen molar-refractivity contribution < 1.29 is 9.72 Å². The number of fused-ring (bicyclic) bond motifs is 1. The van der Waals surface area contributed by atoms with E-state index in [4.69, 9.17) is 0 Å². The molecule has 1 aromatic carbocycles. The van der Waals surface area contributed by atoms with Gasteiger partial charge >= 0.3 is 0 Å². The molecule has 0 fully saturated rings. The van der Waals surface area contributed by atoms with E-state index in [1.807, 2.05) is 31.4 Å². The molecule has 2 aromatic heterocycles. The Labute approximate surface area is 165 Å². The molecule has 0 radical (unpaired) electrons. The molecule has 142 valence electrons. The summed E-state index contributed by atoms with van der Waals surface area (Å²) in [6, 6.07) is 6.25. The van der Waals surface area contributed by atoms with Gasteiger partial charge < -0.3 is 4.90 Å². The maximum atomic E-state index is 12.8. The fraction of sp³-hybridized carbons (Fsp3) is 0.333. The maximum absolute atomic E-state index is 12.8. The van der Waals surface area contributed by atoms with Crippen LogP contribution in [-0.2, 0) is 11.3 Å². The van der Waals surface area contributed by atoms with Gasteiger partial charge in [-0.2, -0.15) is 0 Å². The number of nitrogens with zero attached hydrogens (tertiary/aromatic N) is 4. The molecule has 7 nitrogen and oxygen atoms in total. The zero-order valence-corrected chi connectivity index (χ0v) is 17.1. The summed E-state index contributed by atoms with van der Waals surface area (Å²) in [4.78, 5) is 32.3. The molecule has 9 heteroatoms. The summed E-state index contributed by atoms with van der Waals surface area (Å²) in [5, 5.41) is 10.4. The molecule has 0 spiro atoms. The predicted octanol–water partition coefficient (Wildman–Crippen LogP) is 4.06. The first kappa shape index (κ1) is 19.4. The second kappa shape index (κ2) is 7.69. The summed E-state index contributed by atoms with van der Waals surface area (Å²) in [5.41, 5.74) is 1.98. The predicted molar refractivity (Wildman–Crippen MR) is 107 cm³/mol. The van der Waals surface area contributed by atoms with Gasteiger partial charge in [0.2, 0.25) is 5.91 Å². The highest BCUT2D eigenvalue weighted by atomic mass is 32.2. The maximum Gasteiger partial charge on any atom is 0.269 e. The molecule has 3 rings (SSSR count). The van der Waals surface area contributed by atoms with Crippen molar-refractivity contribution in [3.05, 3.63) is 56.8 Å². The number of carbonyl (C=O) groups excluding carboxylic acids is 1. The highest BCUT2D eigenvalue weighted by molar-refractivity contribution is 8.00. The molecular formula is C18H20N4O3S2. The molecule has 0 saturated heterocycles. The average molecular weight is 405 g/mol. The van der Waals surface area contributed by atoms with Crippen LogP contribution in [0.15, 0.2) is 35.4 Å². The lowest BCUT2D eigenvalue weighted by Crippen LogP contribution is -2.33. The van der Waals surface area contributed by atoms with Crippen molar-refractivity contribution in [2.75, 3.05) is 7.05 Å². The molecule has 0 aliphatic heterocycles. The number of nitro benzene ring substituents is 1. The van der Waals surface area contributed by atoms with Crippen molar-refractivity contribution in [2.24, 2.45) is 0 Å². The van der Waals surface area contributed by atoms with Gasteiger partial charge in [-0.3, -0.25) is 19.3 Å². The molecule has 0 bridgehead atoms. The van der Waals surface area contributed by atoms with Crippen LogP contribution in [0.4, 0.5) is 5.69 Å². The molecule has 1 unspecified atom stereocenters. The number of rotatable bonds is 6. The average Bonchev–Trinajstić information content (AvgIpc) is 3.10. The lowest BCUT2D eigenvalue weighted by Gasteiger charge is -2.21. The van der Waals surface area contributed by atoms with Crippen LogP contribution in [-0.4, -0.2) is 37.4 Å². The monoisotopic (exact) mass is 404 g/mol. The quantitative estimate of drug-likeness (QED) is 0.352. The number of nitro groups is 1. The Morgan fingerprint density at radius 3 is 2.67 bits per heavy atom. The number of hydrogen-bond donors (Lipinski definition) is 0. The molecule has 0 aliphatic rings. The highest BCUT2D eigenvalue weighted by Crippen LogP contribution is 2.27. The third-order valence-electron chi connectivity index (χ3n) is 4.21. The third kappa shape index (κ3) is 4.14. The minimum atomic E-state index is -0.433. The van der Waals surface area contributed by atoms with Gasteiger partial charge in [-0.1, -0.05) is 0 Å². The molecule has 0 aliphatic carbocycles. The second-order valence-corrected chi connectivity index (χ2v) is 8.97. The van der Waals surface area contributed by atoms with Gasteiger partial charge in [0.25, 0.3) is 5.69 Å². The molecule has 2 heterocycles. The minimum absolute atomic E-state index is 0.000320. The summed E-state index contributed by atoms with van der Waals surface area (Å²) in [6.07, 6.45) is 2.04. The van der Waals surface area contributed by atoms with Crippen molar-refractivity contribution in [1.29, 1.82) is 0 Å². The van der Waals surface area contributed by atoms with Crippen molar-refractivity contribution in [2.45, 2.75) is 37.5 Å². The number of amides is 1. The molecule has 27 heavy (non-hydrogen) atoms. The summed E-state index contributed by atoms with van der Waals surface area (Å²) in [5.74, 6) is -0.000320. The first-order valence-corrected chi connectivity index (χ1v) is 10.1. The summed E-state index contributed by atoms with van der Waals surface area (Å²) >= 11 is 3.02. The Hall–Kier alpha value is -2.39. The number of carbonyl (C=O) groups is 1. The summed E-state index contributed by atoms with van der Waals surface area (Å²) in [6.45, 7) is 6.32. The molecule has 1 atom stereocenters. The molecular weight excluding hydrogens is 384 g/mol. The Morgan fingerprint density at radius 1 is 1.37 bits per heavy atom. The number of hydrogen-bond acceptors (Lipinski definition) is 6. The van der Waals surface area contributed by atoms with Gasteiger partial charge in [0, 0.05) is 35.1 Å². The first-order chi connectivity index (χ1) is 12.8. The van der Waals surface area contributed by atoms with Crippen LogP contribution in [0, 0.1) is 24.0 Å². The van der Waals surface area contributed by atoms with Gasteiger partial charge in [-0.15, -0.1) is 23.1 Å². The van der Waals surface area contributed by atoms with E-state index in [-0.39, 0.29) is 16.8 Å². The number of aromatic nitrogens is 2. The Bertz CT molecular complexity index is 994. The van der Waals surface area contributed by atoms with Crippen LogP contribution >= 0.6 is 23.1 Å². The van der Waals surface area contributed by atoms with Gasteiger partial charge in [-0.05, 0) is 32.9 Å². The third-order valence-corrected chi connectivity index (χ3v) is 6.21. The van der Waals surface area contributed by atoms with Crippen LogP contribution in [0.2, 0.25) is 0 Å². The zero-order valence-electron chi connectivity index (χ0n) is 15.5. The minimum Gasteiger partial charge on any atom is -0.339 e. The Kier molecular flexibility index (Phi) is 5.52. The first-order valence-electron chi connectivity index (χ1n) is 8.36. The number of benzene rings is 1. The lowest BCUT2D eigenvalue weighted by atomic mass is 10.3. The number of aryl methyl sites for hydroxylation is 2. The number of imidazole rings is 1. The number of non-ortho nitro benzene ring substituents is 1. The molecule has 0 N–H and O–H groups in total. The molecule has 1 amide bonds. The van der Waals surface area contributed by atoms with Crippen molar-refractivity contribution in [1.82, 2.24) is 14.3 Å². The van der Waals surface area contributed by atoms with E-state index in [1.54, 1.807) is 35.4 Å². The van der Waals surface area contributed by atoms with E-state index in [0.717, 1.165) is 21.2 Å². The van der Waals surface area contributed by atoms with Crippen molar-refractivity contribution in [3.8, 4) is 0 Å². The van der Waals surface area contributed by atoms with E-state index in [1.165, 1.54) is 28.8 Å². The van der Waals surface area contributed by atoms with Crippen LogP contribution < -0.4 is 0 Å². The van der Waals surface area contributed by atoms with Gasteiger partial charge in [0.05, 0.1) is 28.1 Å². The zero-order chi connectivity index (χ0) is 19.7. The van der Waals surface area contributed by atoms with E-state index >= 15 is 0 Å². The van der Waals surface area contributed by atoms with Crippen LogP contribution in [0.5, 0.6) is 0 Å². The Morgan fingerprint density at radius 2 is 2.04 bits per heavy atom. The Balaban J connectivity index is 1.68. The SMILES string of the molecule is Cc1cn2c(CN(C)C(=O)C(C)Sc3ccc([N+](=O)[O-])cc3)c(C)nc2s1. The smallest absolute Gasteiger partial charge is 0.269 e. The van der Waals surface area contributed by atoms with E-state index < -0.39 is 4.92 Å². The number of thioether (sulfide) groups is 1. The lowest BCUT2D eigenvalue weighted by molar-refractivity contribution is -0.384. The van der Waals surface area contributed by atoms with E-state index in [9.17, 15) is 14.9 Å². The van der Waals surface area contributed by atoms with Gasteiger partial charge in [-0.25, -0.2) is 4.98 Å². The van der Waals surface area contributed by atoms with Crippen LogP contribution in [0.3, 0.4) is 0 Å². The summed E-state index contributed by atoms with van der Waals surface area (Å²) < 4.78 is 2.05. The van der Waals surface area contributed by atoms with Crippen LogP contribution in [0.1, 0.15) is 23.2 Å². The van der Waals surface area contributed by atoms with E-state index in [0.29, 0.717) is 6.54 Å². The fourth-order valence-corrected chi connectivity index (χ4v) is 4.69. The van der Waals surface area contributed by atoms with E-state index in [2.05, 4.69) is 4.98 Å². The van der Waals surface area contributed by atoms with Crippen molar-refractivity contribution in [3.63, 3.8) is 0 Å². The molecule has 0 saturated carbocycles. The number of thiazole rings is 1. The standard InChI is InChI=1S/C18H20N4O3S2/c1-11-9-21-16(12(2)19-18(21)26-11)10-20(4)17(23)13(3)27-15-7-5-14(6-8-15)22(24)25/h5-9,13H,10H2,1-4H3. The van der Waals surface area contributed by atoms with Crippen molar-refractivity contribution >= 4 is 39.7 Å². The topological polar surface area (TPSA) is 80.8 Å².